The fraction of sp³-hybridized carbons (Fsp3) is 0.400. The van der Waals surface area contributed by atoms with Crippen molar-refractivity contribution in [2.45, 2.75) is 13.3 Å². The molecule has 1 heterocycles. The third kappa shape index (κ3) is 3.10. The van der Waals surface area contributed by atoms with Crippen LogP contribution in [-0.2, 0) is 0 Å². The number of nitrogens with zero attached hydrogens (tertiary/aromatic N) is 2. The second kappa shape index (κ2) is 5.56. The van der Waals surface area contributed by atoms with Crippen molar-refractivity contribution < 1.29 is 9.21 Å². The second-order valence-corrected chi connectivity index (χ2v) is 3.77. The van der Waals surface area contributed by atoms with Crippen molar-refractivity contribution in [1.82, 2.24) is 4.90 Å². The van der Waals surface area contributed by atoms with Gasteiger partial charge < -0.3 is 9.32 Å². The Kier molecular flexibility index (Phi) is 4.37. The fourth-order valence-corrected chi connectivity index (χ4v) is 1.50. The van der Waals surface area contributed by atoms with E-state index in [4.69, 9.17) is 9.68 Å². The highest BCUT2D eigenvalue weighted by Gasteiger charge is 2.17. The van der Waals surface area contributed by atoms with E-state index in [0.717, 1.165) is 6.42 Å². The van der Waals surface area contributed by atoms with E-state index >= 15 is 0 Å². The Morgan fingerprint density at radius 2 is 2.40 bits per heavy atom. The van der Waals surface area contributed by atoms with Gasteiger partial charge in [-0.2, -0.15) is 5.26 Å². The first-order valence-corrected chi connectivity index (χ1v) is 5.40. The molecule has 0 aliphatic rings. The van der Waals surface area contributed by atoms with Gasteiger partial charge in [0.05, 0.1) is 6.07 Å². The Morgan fingerprint density at radius 3 is 2.87 bits per heavy atom. The zero-order valence-electron chi connectivity index (χ0n) is 8.36. The molecule has 0 atom stereocenters. The van der Waals surface area contributed by atoms with Gasteiger partial charge in [-0.25, -0.2) is 0 Å². The molecule has 0 unspecified atom stereocenters. The first kappa shape index (κ1) is 11.8. The van der Waals surface area contributed by atoms with Gasteiger partial charge in [0.1, 0.15) is 6.54 Å². The maximum Gasteiger partial charge on any atom is 0.290 e. The van der Waals surface area contributed by atoms with E-state index in [1.54, 1.807) is 12.1 Å². The summed E-state index contributed by atoms with van der Waals surface area (Å²) in [6.07, 6.45) is 0.815. The van der Waals surface area contributed by atoms with Crippen LogP contribution in [0.4, 0.5) is 0 Å². The van der Waals surface area contributed by atoms with Gasteiger partial charge in [-0.15, -0.1) is 0 Å². The Balaban J connectivity index is 2.76. The molecule has 1 aromatic rings. The first-order valence-electron chi connectivity index (χ1n) is 4.60. The summed E-state index contributed by atoms with van der Waals surface area (Å²) in [4.78, 5) is 13.3. The lowest BCUT2D eigenvalue weighted by molar-refractivity contribution is 0.0743. The predicted molar refractivity (Wildman–Crippen MR) is 58.2 cm³/mol. The number of rotatable bonds is 4. The molecular formula is C10H11BrN2O2. The number of nitriles is 1. The number of hydrogen-bond acceptors (Lipinski definition) is 3. The van der Waals surface area contributed by atoms with Crippen LogP contribution in [-0.4, -0.2) is 23.9 Å². The zero-order chi connectivity index (χ0) is 11.3. The third-order valence-electron chi connectivity index (χ3n) is 1.83. The second-order valence-electron chi connectivity index (χ2n) is 2.99. The Morgan fingerprint density at radius 1 is 1.67 bits per heavy atom. The summed E-state index contributed by atoms with van der Waals surface area (Å²) in [6, 6.07) is 5.21. The number of carbonyl (C=O) groups is 1. The molecule has 5 heteroatoms. The molecule has 0 spiro atoms. The fourth-order valence-electron chi connectivity index (χ4n) is 1.19. The Labute approximate surface area is 96.6 Å². The van der Waals surface area contributed by atoms with Crippen molar-refractivity contribution in [1.29, 1.82) is 5.26 Å². The normalized spacial score (nSPS) is 9.67. The van der Waals surface area contributed by atoms with Crippen molar-refractivity contribution in [3.05, 3.63) is 22.6 Å². The van der Waals surface area contributed by atoms with Gasteiger partial charge in [-0.05, 0) is 34.5 Å². The van der Waals surface area contributed by atoms with Crippen LogP contribution in [0.1, 0.15) is 23.9 Å². The van der Waals surface area contributed by atoms with E-state index in [9.17, 15) is 4.79 Å². The summed E-state index contributed by atoms with van der Waals surface area (Å²) in [7, 11) is 0. The SMILES string of the molecule is CCCN(CC#N)C(=O)c1ccc(Br)o1. The van der Waals surface area contributed by atoms with Crippen molar-refractivity contribution in [3.8, 4) is 6.07 Å². The van der Waals surface area contributed by atoms with Crippen LogP contribution in [0.15, 0.2) is 21.2 Å². The molecule has 0 saturated carbocycles. The lowest BCUT2D eigenvalue weighted by Gasteiger charge is -2.16. The summed E-state index contributed by atoms with van der Waals surface area (Å²) < 4.78 is 5.65. The van der Waals surface area contributed by atoms with Gasteiger partial charge in [0.25, 0.3) is 5.91 Å². The number of amides is 1. The molecule has 15 heavy (non-hydrogen) atoms. The molecule has 0 radical (unpaired) electrons. The van der Waals surface area contributed by atoms with Crippen LogP contribution in [0.5, 0.6) is 0 Å². The minimum absolute atomic E-state index is 0.0883. The lowest BCUT2D eigenvalue weighted by Crippen LogP contribution is -2.31. The summed E-state index contributed by atoms with van der Waals surface area (Å²) in [5, 5.41) is 8.58. The molecule has 0 fully saturated rings. The maximum absolute atomic E-state index is 11.8. The molecule has 0 aliphatic carbocycles. The maximum atomic E-state index is 11.8. The van der Waals surface area contributed by atoms with Crippen LogP contribution in [0.25, 0.3) is 0 Å². The number of carbonyl (C=O) groups excluding carboxylic acids is 1. The summed E-state index contributed by atoms with van der Waals surface area (Å²) in [6.45, 7) is 2.60. The average Bonchev–Trinajstić information content (AvgIpc) is 2.63. The average molecular weight is 271 g/mol. The van der Waals surface area contributed by atoms with Crippen LogP contribution in [0.2, 0.25) is 0 Å². The predicted octanol–water partition coefficient (Wildman–Crippen LogP) is 2.42. The Hall–Kier alpha value is -1.28. The van der Waals surface area contributed by atoms with Gasteiger partial charge in [-0.3, -0.25) is 4.79 Å². The highest BCUT2D eigenvalue weighted by Crippen LogP contribution is 2.15. The van der Waals surface area contributed by atoms with E-state index in [0.29, 0.717) is 11.2 Å². The van der Waals surface area contributed by atoms with Crippen LogP contribution in [0.3, 0.4) is 0 Å². The van der Waals surface area contributed by atoms with Crippen LogP contribution in [0, 0.1) is 11.3 Å². The van der Waals surface area contributed by atoms with Crippen LogP contribution >= 0.6 is 15.9 Å². The van der Waals surface area contributed by atoms with E-state index in [2.05, 4.69) is 15.9 Å². The molecule has 80 valence electrons. The van der Waals surface area contributed by atoms with E-state index < -0.39 is 0 Å². The molecule has 0 N–H and O–H groups in total. The number of hydrogen-bond donors (Lipinski definition) is 0. The first-order chi connectivity index (χ1) is 7.19. The topological polar surface area (TPSA) is 57.2 Å². The van der Waals surface area contributed by atoms with Gasteiger partial charge in [-0.1, -0.05) is 6.92 Å². The number of halogens is 1. The smallest absolute Gasteiger partial charge is 0.290 e. The van der Waals surface area contributed by atoms with Gasteiger partial charge in [0.15, 0.2) is 10.4 Å². The van der Waals surface area contributed by atoms with E-state index in [1.807, 2.05) is 13.0 Å². The van der Waals surface area contributed by atoms with E-state index in [1.165, 1.54) is 4.90 Å². The molecule has 0 aromatic carbocycles. The molecule has 1 amide bonds. The largest absolute Gasteiger partial charge is 0.444 e. The molecule has 1 rings (SSSR count). The molecule has 0 saturated heterocycles. The minimum Gasteiger partial charge on any atom is -0.444 e. The van der Waals surface area contributed by atoms with Crippen molar-refractivity contribution in [2.75, 3.05) is 13.1 Å². The van der Waals surface area contributed by atoms with Crippen molar-refractivity contribution in [3.63, 3.8) is 0 Å². The van der Waals surface area contributed by atoms with Gasteiger partial charge in [0, 0.05) is 6.54 Å². The molecule has 4 nitrogen and oxygen atoms in total. The van der Waals surface area contributed by atoms with Crippen LogP contribution < -0.4 is 0 Å². The molecule has 0 bridgehead atoms. The van der Waals surface area contributed by atoms with Gasteiger partial charge >= 0.3 is 0 Å². The summed E-state index contributed by atoms with van der Waals surface area (Å²) in [5.41, 5.74) is 0. The molecule has 1 aromatic heterocycles. The Bertz CT molecular complexity index is 381. The minimum atomic E-state index is -0.246. The quantitative estimate of drug-likeness (QED) is 0.790. The lowest BCUT2D eigenvalue weighted by atomic mass is 10.3. The summed E-state index contributed by atoms with van der Waals surface area (Å²) in [5.74, 6) is 0.00896. The monoisotopic (exact) mass is 270 g/mol. The molecular weight excluding hydrogens is 260 g/mol. The summed E-state index contributed by atoms with van der Waals surface area (Å²) >= 11 is 3.13. The molecule has 0 aliphatic heterocycles. The van der Waals surface area contributed by atoms with Crippen molar-refractivity contribution in [2.24, 2.45) is 0 Å². The highest BCUT2D eigenvalue weighted by molar-refractivity contribution is 9.10. The van der Waals surface area contributed by atoms with Crippen molar-refractivity contribution >= 4 is 21.8 Å². The van der Waals surface area contributed by atoms with E-state index in [-0.39, 0.29) is 18.2 Å². The third-order valence-corrected chi connectivity index (χ3v) is 2.25. The standard InChI is InChI=1S/C10H11BrN2O2/c1-2-6-13(7-5-12)10(14)8-3-4-9(11)15-8/h3-4H,2,6-7H2,1H3. The highest BCUT2D eigenvalue weighted by atomic mass is 79.9. The zero-order valence-corrected chi connectivity index (χ0v) is 9.95. The number of furan rings is 1. The van der Waals surface area contributed by atoms with Gasteiger partial charge in [0.2, 0.25) is 0 Å².